The first-order chi connectivity index (χ1) is 11.1. The van der Waals surface area contributed by atoms with Gasteiger partial charge in [-0.25, -0.2) is 0 Å². The van der Waals surface area contributed by atoms with Crippen molar-refractivity contribution < 1.29 is 9.90 Å². The molecule has 0 aliphatic carbocycles. The van der Waals surface area contributed by atoms with Gasteiger partial charge in [-0.1, -0.05) is 23.7 Å². The number of nitrogens with zero attached hydrogens (tertiary/aromatic N) is 1. The average molecular weight is 330 g/mol. The molecule has 0 radical (unpaired) electrons. The molecule has 2 aromatic carbocycles. The van der Waals surface area contributed by atoms with Crippen LogP contribution >= 0.6 is 11.6 Å². The minimum Gasteiger partial charge on any atom is -0.508 e. The topological polar surface area (TPSA) is 40.5 Å². The molecule has 2 aromatic rings. The van der Waals surface area contributed by atoms with E-state index in [1.807, 2.05) is 18.2 Å². The van der Waals surface area contributed by atoms with Crippen LogP contribution in [0.3, 0.4) is 0 Å². The number of Topliss-reactive ketones (excluding diaryl/α,β-unsaturated/α-hetero) is 1. The highest BCUT2D eigenvalue weighted by atomic mass is 35.5. The average Bonchev–Trinajstić information content (AvgIpc) is 2.56. The molecule has 1 N–H and O–H groups in total. The standard InChI is InChI=1S/C19H20ClNO2/c20-17-3-1-2-14(12-17)13-21-10-8-16(9-11-21)19(23)15-4-6-18(22)7-5-15/h1-7,12,16,22H,8-11,13H2. The fourth-order valence-corrected chi connectivity index (χ4v) is 3.32. The van der Waals surface area contributed by atoms with Gasteiger partial charge < -0.3 is 5.11 Å². The first kappa shape index (κ1) is 16.0. The van der Waals surface area contributed by atoms with E-state index in [2.05, 4.69) is 11.0 Å². The molecule has 23 heavy (non-hydrogen) atoms. The van der Waals surface area contributed by atoms with Gasteiger partial charge in [-0.15, -0.1) is 0 Å². The molecule has 1 aliphatic heterocycles. The van der Waals surface area contributed by atoms with Crippen molar-refractivity contribution in [3.63, 3.8) is 0 Å². The SMILES string of the molecule is O=C(c1ccc(O)cc1)C1CCN(Cc2cccc(Cl)c2)CC1. The largest absolute Gasteiger partial charge is 0.508 e. The fraction of sp³-hybridized carbons (Fsp3) is 0.316. The molecule has 120 valence electrons. The monoisotopic (exact) mass is 329 g/mol. The zero-order chi connectivity index (χ0) is 16.2. The molecule has 0 aromatic heterocycles. The maximum atomic E-state index is 12.5. The Kier molecular flexibility index (Phi) is 4.99. The van der Waals surface area contributed by atoms with E-state index in [9.17, 15) is 9.90 Å². The van der Waals surface area contributed by atoms with Crippen LogP contribution in [0.25, 0.3) is 0 Å². The lowest BCUT2D eigenvalue weighted by atomic mass is 9.88. The van der Waals surface area contributed by atoms with Crippen molar-refractivity contribution in [2.45, 2.75) is 19.4 Å². The molecule has 0 amide bonds. The molecule has 3 nitrogen and oxygen atoms in total. The highest BCUT2D eigenvalue weighted by molar-refractivity contribution is 6.30. The quantitative estimate of drug-likeness (QED) is 0.857. The molecule has 1 fully saturated rings. The highest BCUT2D eigenvalue weighted by Crippen LogP contribution is 2.24. The first-order valence-electron chi connectivity index (χ1n) is 7.92. The van der Waals surface area contributed by atoms with Crippen molar-refractivity contribution in [1.82, 2.24) is 4.90 Å². The van der Waals surface area contributed by atoms with Gasteiger partial charge >= 0.3 is 0 Å². The van der Waals surface area contributed by atoms with E-state index in [0.717, 1.165) is 37.5 Å². The Bertz CT molecular complexity index is 676. The molecule has 0 atom stereocenters. The Balaban J connectivity index is 1.55. The zero-order valence-corrected chi connectivity index (χ0v) is 13.7. The lowest BCUT2D eigenvalue weighted by molar-refractivity contribution is 0.0835. The number of piperidine rings is 1. The van der Waals surface area contributed by atoms with E-state index in [-0.39, 0.29) is 17.5 Å². The molecule has 1 aliphatic rings. The smallest absolute Gasteiger partial charge is 0.166 e. The minimum atomic E-state index is 0.0788. The maximum absolute atomic E-state index is 12.5. The lowest BCUT2D eigenvalue weighted by Gasteiger charge is -2.31. The number of halogens is 1. The van der Waals surface area contributed by atoms with Crippen LogP contribution in [0.2, 0.25) is 5.02 Å². The summed E-state index contributed by atoms with van der Waals surface area (Å²) in [6.07, 6.45) is 1.75. The van der Waals surface area contributed by atoms with Crippen LogP contribution in [-0.4, -0.2) is 28.9 Å². The van der Waals surface area contributed by atoms with Gasteiger partial charge in [-0.3, -0.25) is 9.69 Å². The predicted molar refractivity (Wildman–Crippen MR) is 91.9 cm³/mol. The van der Waals surface area contributed by atoms with E-state index in [1.165, 1.54) is 5.56 Å². The van der Waals surface area contributed by atoms with Crippen molar-refractivity contribution in [1.29, 1.82) is 0 Å². The van der Waals surface area contributed by atoms with Crippen LogP contribution < -0.4 is 0 Å². The number of benzene rings is 2. The zero-order valence-electron chi connectivity index (χ0n) is 12.9. The van der Waals surface area contributed by atoms with Crippen LogP contribution in [0.4, 0.5) is 0 Å². The summed E-state index contributed by atoms with van der Waals surface area (Å²) in [5.74, 6) is 0.459. The van der Waals surface area contributed by atoms with Crippen molar-refractivity contribution >= 4 is 17.4 Å². The summed E-state index contributed by atoms with van der Waals surface area (Å²) in [6, 6.07) is 14.5. The van der Waals surface area contributed by atoms with E-state index < -0.39 is 0 Å². The number of hydrogen-bond acceptors (Lipinski definition) is 3. The van der Waals surface area contributed by atoms with Crippen LogP contribution in [0.1, 0.15) is 28.8 Å². The van der Waals surface area contributed by atoms with Crippen molar-refractivity contribution in [2.75, 3.05) is 13.1 Å². The summed E-state index contributed by atoms with van der Waals surface area (Å²) in [4.78, 5) is 14.9. The molecule has 1 saturated heterocycles. The second kappa shape index (κ2) is 7.16. The Morgan fingerprint density at radius 2 is 1.83 bits per heavy atom. The summed E-state index contributed by atoms with van der Waals surface area (Å²) in [5, 5.41) is 10.1. The first-order valence-corrected chi connectivity index (χ1v) is 8.29. The molecule has 0 saturated carbocycles. The van der Waals surface area contributed by atoms with E-state index in [4.69, 9.17) is 11.6 Å². The third-order valence-electron chi connectivity index (χ3n) is 4.41. The van der Waals surface area contributed by atoms with Gasteiger partial charge in [0.25, 0.3) is 0 Å². The van der Waals surface area contributed by atoms with Crippen molar-refractivity contribution in [2.24, 2.45) is 5.92 Å². The maximum Gasteiger partial charge on any atom is 0.166 e. The van der Waals surface area contributed by atoms with E-state index in [0.29, 0.717) is 5.56 Å². The van der Waals surface area contributed by atoms with Crippen LogP contribution in [0.15, 0.2) is 48.5 Å². The van der Waals surface area contributed by atoms with Gasteiger partial charge in [0.15, 0.2) is 5.78 Å². The number of phenols is 1. The summed E-state index contributed by atoms with van der Waals surface area (Å²) in [7, 11) is 0. The Morgan fingerprint density at radius 3 is 2.48 bits per heavy atom. The van der Waals surface area contributed by atoms with E-state index >= 15 is 0 Å². The Labute approximate surface area is 141 Å². The summed E-state index contributed by atoms with van der Waals surface area (Å²) < 4.78 is 0. The molecular formula is C19H20ClNO2. The van der Waals surface area contributed by atoms with Crippen LogP contribution in [0, 0.1) is 5.92 Å². The summed E-state index contributed by atoms with van der Waals surface area (Å²) in [6.45, 7) is 2.71. The van der Waals surface area contributed by atoms with Crippen molar-refractivity contribution in [3.05, 3.63) is 64.7 Å². The van der Waals surface area contributed by atoms with Gasteiger partial charge in [0.2, 0.25) is 0 Å². The van der Waals surface area contributed by atoms with Crippen molar-refractivity contribution in [3.8, 4) is 5.75 Å². The third-order valence-corrected chi connectivity index (χ3v) is 4.64. The predicted octanol–water partition coefficient (Wildman–Crippen LogP) is 4.14. The molecule has 0 spiro atoms. The normalized spacial score (nSPS) is 16.4. The number of likely N-dealkylation sites (tertiary alicyclic amines) is 1. The highest BCUT2D eigenvalue weighted by Gasteiger charge is 2.25. The van der Waals surface area contributed by atoms with Gasteiger partial charge in [0, 0.05) is 23.0 Å². The lowest BCUT2D eigenvalue weighted by Crippen LogP contribution is -2.35. The molecule has 0 bridgehead atoms. The number of carbonyl (C=O) groups is 1. The van der Waals surface area contributed by atoms with Gasteiger partial charge in [0.05, 0.1) is 0 Å². The number of phenolic OH excluding ortho intramolecular Hbond substituents is 1. The molecular weight excluding hydrogens is 310 g/mol. The fourth-order valence-electron chi connectivity index (χ4n) is 3.11. The van der Waals surface area contributed by atoms with Crippen LogP contribution in [0.5, 0.6) is 5.75 Å². The molecule has 3 rings (SSSR count). The summed E-state index contributed by atoms with van der Waals surface area (Å²) >= 11 is 6.03. The molecule has 0 unspecified atom stereocenters. The number of hydrogen-bond donors (Lipinski definition) is 1. The number of ketones is 1. The van der Waals surface area contributed by atoms with Gasteiger partial charge in [-0.05, 0) is 67.9 Å². The molecule has 4 heteroatoms. The van der Waals surface area contributed by atoms with E-state index in [1.54, 1.807) is 24.3 Å². The van der Waals surface area contributed by atoms with Gasteiger partial charge in [0.1, 0.15) is 5.75 Å². The Hall–Kier alpha value is -1.84. The van der Waals surface area contributed by atoms with Crippen LogP contribution in [-0.2, 0) is 6.54 Å². The second-order valence-corrected chi connectivity index (χ2v) is 6.53. The summed E-state index contributed by atoms with van der Waals surface area (Å²) in [5.41, 5.74) is 1.90. The number of carbonyl (C=O) groups excluding carboxylic acids is 1. The molecule has 1 heterocycles. The van der Waals surface area contributed by atoms with Gasteiger partial charge in [-0.2, -0.15) is 0 Å². The minimum absolute atomic E-state index is 0.0788. The Morgan fingerprint density at radius 1 is 1.13 bits per heavy atom. The number of aromatic hydroxyl groups is 1. The third kappa shape index (κ3) is 4.12. The number of rotatable bonds is 4. The second-order valence-electron chi connectivity index (χ2n) is 6.09.